The monoisotopic (exact) mass is 702 g/mol. The van der Waals surface area contributed by atoms with Gasteiger partial charge >= 0.3 is 0 Å². The number of carbonyl (C=O) groups excluding carboxylic acids is 3. The second-order valence-corrected chi connectivity index (χ2v) is 12.9. The Labute approximate surface area is 296 Å². The molecule has 2 aliphatic heterocycles. The van der Waals surface area contributed by atoms with Crippen molar-refractivity contribution in [2.24, 2.45) is 5.92 Å². The molecule has 6 rings (SSSR count). The molecule has 1 saturated heterocycles. The van der Waals surface area contributed by atoms with Crippen LogP contribution in [0.15, 0.2) is 35.0 Å². The molecule has 15 heteroatoms. The fourth-order valence-electron chi connectivity index (χ4n) is 6.96. The lowest BCUT2D eigenvalue weighted by Gasteiger charge is -2.35. The van der Waals surface area contributed by atoms with E-state index < -0.39 is 0 Å². The third-order valence-corrected chi connectivity index (χ3v) is 9.57. The van der Waals surface area contributed by atoms with Gasteiger partial charge in [0, 0.05) is 88.1 Å². The summed E-state index contributed by atoms with van der Waals surface area (Å²) in [5, 5.41) is 12.1. The van der Waals surface area contributed by atoms with Crippen molar-refractivity contribution in [1.29, 1.82) is 0 Å². The number of carbonyl (C=O) groups is 3. The molecule has 1 unspecified atom stereocenters. The summed E-state index contributed by atoms with van der Waals surface area (Å²) in [5.74, 6) is 2.16. The van der Waals surface area contributed by atoms with Gasteiger partial charge in [0.2, 0.25) is 17.6 Å². The molecule has 1 N–H and O–H groups in total. The summed E-state index contributed by atoms with van der Waals surface area (Å²) < 4.78 is 24.3. The molecule has 2 bridgehead atoms. The van der Waals surface area contributed by atoms with Gasteiger partial charge in [-0.05, 0) is 44.7 Å². The van der Waals surface area contributed by atoms with Crippen LogP contribution < -0.4 is 24.4 Å². The second-order valence-electron chi connectivity index (χ2n) is 12.9. The van der Waals surface area contributed by atoms with Crippen LogP contribution >= 0.6 is 0 Å². The van der Waals surface area contributed by atoms with Crippen molar-refractivity contribution in [2.45, 2.75) is 52.6 Å². The molecule has 1 aromatic carbocycles. The van der Waals surface area contributed by atoms with Crippen LogP contribution in [0.25, 0.3) is 10.9 Å². The van der Waals surface area contributed by atoms with Crippen LogP contribution in [0.1, 0.15) is 53.7 Å². The lowest BCUT2D eigenvalue weighted by atomic mass is 9.97. The Morgan fingerprint density at radius 3 is 2.55 bits per heavy atom. The lowest BCUT2D eigenvalue weighted by Crippen LogP contribution is -2.43. The first kappa shape index (κ1) is 35.5. The van der Waals surface area contributed by atoms with Gasteiger partial charge in [-0.25, -0.2) is 4.98 Å². The van der Waals surface area contributed by atoms with Crippen molar-refractivity contribution < 1.29 is 33.1 Å². The summed E-state index contributed by atoms with van der Waals surface area (Å²) in [6.07, 6.45) is 3.56. The third-order valence-electron chi connectivity index (χ3n) is 9.57. The molecule has 3 amide bonds. The van der Waals surface area contributed by atoms with Crippen LogP contribution in [0.2, 0.25) is 0 Å². The summed E-state index contributed by atoms with van der Waals surface area (Å²) in [6.45, 7) is 6.91. The number of aromatic nitrogens is 4. The number of piperidine rings is 1. The number of pyridine rings is 1. The number of amides is 3. The fourth-order valence-corrected chi connectivity index (χ4v) is 6.96. The number of aryl methyl sites for hydroxylation is 2. The predicted octanol–water partition coefficient (Wildman–Crippen LogP) is 3.22. The van der Waals surface area contributed by atoms with E-state index in [0.29, 0.717) is 64.9 Å². The van der Waals surface area contributed by atoms with Gasteiger partial charge in [0.15, 0.2) is 11.5 Å². The van der Waals surface area contributed by atoms with Crippen molar-refractivity contribution in [2.75, 3.05) is 65.5 Å². The lowest BCUT2D eigenvalue weighted by molar-refractivity contribution is -0.131. The van der Waals surface area contributed by atoms with E-state index in [4.69, 9.17) is 23.7 Å². The molecular weight excluding hydrogens is 656 g/mol. The minimum absolute atomic E-state index is 0.0176. The Bertz CT molecular complexity index is 1890. The molecule has 0 aliphatic carbocycles. The quantitative estimate of drug-likeness (QED) is 0.302. The molecule has 0 saturated carbocycles. The largest absolute Gasteiger partial charge is 0.493 e. The van der Waals surface area contributed by atoms with E-state index in [-0.39, 0.29) is 62.7 Å². The number of fused-ring (bicyclic) bond motifs is 5. The number of hydrogen-bond donors (Lipinski definition) is 1. The Balaban J connectivity index is 1.46. The molecule has 15 nitrogen and oxygen atoms in total. The highest BCUT2D eigenvalue weighted by atomic mass is 16.5. The third kappa shape index (κ3) is 7.71. The summed E-state index contributed by atoms with van der Waals surface area (Å²) in [4.78, 5) is 52.1. The van der Waals surface area contributed by atoms with Gasteiger partial charge in [0.1, 0.15) is 17.3 Å². The first-order chi connectivity index (χ1) is 24.7. The maximum atomic E-state index is 14.2. The van der Waals surface area contributed by atoms with Crippen LogP contribution in [-0.2, 0) is 29.1 Å². The molecule has 2 aliphatic rings. The molecular formula is C36H46N8O7. The van der Waals surface area contributed by atoms with Crippen molar-refractivity contribution in [3.8, 4) is 17.2 Å². The molecule has 5 heterocycles. The number of anilines is 1. The minimum atomic E-state index is -0.259. The Hall–Kier alpha value is -5.34. The van der Waals surface area contributed by atoms with E-state index in [0.717, 1.165) is 30.8 Å². The van der Waals surface area contributed by atoms with Crippen LogP contribution in [0, 0.1) is 12.8 Å². The van der Waals surface area contributed by atoms with E-state index in [1.807, 2.05) is 19.1 Å². The van der Waals surface area contributed by atoms with E-state index in [1.54, 1.807) is 61.1 Å². The predicted molar refractivity (Wildman–Crippen MR) is 188 cm³/mol. The average Bonchev–Trinajstić information content (AvgIpc) is 3.80. The Morgan fingerprint density at radius 1 is 1.02 bits per heavy atom. The first-order valence-electron chi connectivity index (χ1n) is 17.4. The highest BCUT2D eigenvalue weighted by molar-refractivity contribution is 5.93. The van der Waals surface area contributed by atoms with Gasteiger partial charge in [-0.1, -0.05) is 5.16 Å². The summed E-state index contributed by atoms with van der Waals surface area (Å²) >= 11 is 0. The molecule has 1 atom stereocenters. The number of benzene rings is 1. The molecule has 1 fully saturated rings. The van der Waals surface area contributed by atoms with Gasteiger partial charge in [0.25, 0.3) is 5.91 Å². The van der Waals surface area contributed by atoms with Crippen molar-refractivity contribution >= 4 is 34.4 Å². The molecule has 3 aromatic heterocycles. The zero-order valence-corrected chi connectivity index (χ0v) is 29.9. The molecule has 0 radical (unpaired) electrons. The van der Waals surface area contributed by atoms with Crippen LogP contribution in [0.3, 0.4) is 0 Å². The molecule has 4 aromatic rings. The minimum Gasteiger partial charge on any atom is -0.493 e. The van der Waals surface area contributed by atoms with Crippen molar-refractivity contribution in [3.63, 3.8) is 0 Å². The first-order valence-corrected chi connectivity index (χ1v) is 17.4. The fraction of sp³-hybridized carbons (Fsp3) is 0.500. The van der Waals surface area contributed by atoms with Gasteiger partial charge in [0.05, 0.1) is 39.0 Å². The highest BCUT2D eigenvalue weighted by Crippen LogP contribution is 2.44. The van der Waals surface area contributed by atoms with Crippen LogP contribution in [-0.4, -0.2) is 108 Å². The Kier molecular flexibility index (Phi) is 10.9. The number of nitrogens with zero attached hydrogens (tertiary/aromatic N) is 7. The SMILES string of the molecule is CCn1nccc1C(=O)N1CCC(=O)NCC2CCCN(C2)c2nc3cc(OC)c(OC)c(OC)c3cc2CN(C(=O)Cc2cc(C)no2)CC1. The highest BCUT2D eigenvalue weighted by Gasteiger charge is 2.29. The Morgan fingerprint density at radius 2 is 1.82 bits per heavy atom. The van der Waals surface area contributed by atoms with Gasteiger partial charge < -0.3 is 38.8 Å². The van der Waals surface area contributed by atoms with Crippen molar-refractivity contribution in [3.05, 3.63) is 53.2 Å². The standard InChI is InChI=1S/C36H46N8O7/c1-6-44-29(9-11-38-44)36(47)41-13-10-31(45)37-20-24-8-7-12-43(21-24)35-25(22-42(15-14-41)32(46)18-26-16-23(2)40-51-26)17-27-28(39-35)19-30(48-3)34(50-5)33(27)49-4/h9,11,16-17,19,24H,6-8,10,12-15,18,20-22H2,1-5H3,(H,37,45). The molecule has 272 valence electrons. The summed E-state index contributed by atoms with van der Waals surface area (Å²) in [7, 11) is 4.69. The zero-order valence-electron chi connectivity index (χ0n) is 29.9. The number of ether oxygens (including phenoxy) is 3. The smallest absolute Gasteiger partial charge is 0.272 e. The maximum Gasteiger partial charge on any atom is 0.272 e. The molecule has 51 heavy (non-hydrogen) atoms. The number of hydrogen-bond acceptors (Lipinski definition) is 11. The zero-order chi connectivity index (χ0) is 36.1. The van der Waals surface area contributed by atoms with Crippen LogP contribution in [0.4, 0.5) is 5.82 Å². The van der Waals surface area contributed by atoms with Crippen molar-refractivity contribution in [1.82, 2.24) is 35.0 Å². The maximum absolute atomic E-state index is 14.2. The average molecular weight is 703 g/mol. The molecule has 0 spiro atoms. The van der Waals surface area contributed by atoms with Gasteiger partial charge in [-0.2, -0.15) is 5.10 Å². The van der Waals surface area contributed by atoms with Crippen LogP contribution in [0.5, 0.6) is 17.2 Å². The summed E-state index contributed by atoms with van der Waals surface area (Å²) in [6, 6.07) is 7.25. The van der Waals surface area contributed by atoms with E-state index in [9.17, 15) is 14.4 Å². The topological polar surface area (TPSA) is 157 Å². The number of nitrogens with one attached hydrogen (secondary N) is 1. The number of methoxy groups -OCH3 is 3. The summed E-state index contributed by atoms with van der Waals surface area (Å²) in [5.41, 5.74) is 2.55. The normalized spacial score (nSPS) is 17.3. The second kappa shape index (κ2) is 15.7. The number of rotatable bonds is 7. The van der Waals surface area contributed by atoms with Gasteiger partial charge in [-0.3, -0.25) is 19.1 Å². The van der Waals surface area contributed by atoms with E-state index in [2.05, 4.69) is 20.5 Å². The van der Waals surface area contributed by atoms with Gasteiger partial charge in [-0.15, -0.1) is 0 Å². The van der Waals surface area contributed by atoms with E-state index in [1.165, 1.54) is 0 Å². The van der Waals surface area contributed by atoms with E-state index >= 15 is 0 Å².